The Hall–Kier alpha value is -0.430. The third-order valence-electron chi connectivity index (χ3n) is 1.14. The van der Waals surface area contributed by atoms with Gasteiger partial charge in [-0.1, -0.05) is 0 Å². The van der Waals surface area contributed by atoms with Gasteiger partial charge in [-0.25, -0.2) is 0 Å². The molecule has 9 heavy (non-hydrogen) atoms. The summed E-state index contributed by atoms with van der Waals surface area (Å²) in [6.45, 7) is 0. The largest absolute Gasteiger partial charge is 0.469 e. The van der Waals surface area contributed by atoms with Gasteiger partial charge in [-0.3, -0.25) is 0 Å². The van der Waals surface area contributed by atoms with Crippen LogP contribution in [0.2, 0.25) is 0 Å². The Labute approximate surface area is 59.6 Å². The molecule has 1 heterocycles. The van der Waals surface area contributed by atoms with Crippen LogP contribution in [0.25, 0.3) is 0 Å². The highest BCUT2D eigenvalue weighted by Crippen LogP contribution is 2.03. The van der Waals surface area contributed by atoms with Crippen LogP contribution in [-0.4, -0.2) is 5.88 Å². The summed E-state index contributed by atoms with van der Waals surface area (Å²) in [4.78, 5) is 0. The van der Waals surface area contributed by atoms with Crippen LogP contribution in [-0.2, 0) is 6.42 Å². The Bertz CT molecular complexity index is 146. The third-order valence-corrected chi connectivity index (χ3v) is 1.40. The van der Waals surface area contributed by atoms with Gasteiger partial charge in [0.1, 0.15) is 5.76 Å². The number of halogens is 1. The van der Waals surface area contributed by atoms with Crippen molar-refractivity contribution in [3.05, 3.63) is 24.2 Å². The van der Waals surface area contributed by atoms with E-state index in [4.69, 9.17) is 16.0 Å². The average Bonchev–Trinajstić information content (AvgIpc) is 2.34. The molecule has 0 radical (unpaired) electrons. The first-order valence-electron chi connectivity index (χ1n) is 3.02. The van der Waals surface area contributed by atoms with Crippen LogP contribution in [0.5, 0.6) is 0 Å². The molecule has 2 heteroatoms. The summed E-state index contributed by atoms with van der Waals surface area (Å²) in [6, 6.07) is 3.86. The first-order chi connectivity index (χ1) is 4.43. The molecule has 0 saturated heterocycles. The molecule has 1 nitrogen and oxygen atoms in total. The van der Waals surface area contributed by atoms with E-state index in [0.717, 1.165) is 18.6 Å². The van der Waals surface area contributed by atoms with Crippen LogP contribution < -0.4 is 0 Å². The van der Waals surface area contributed by atoms with Gasteiger partial charge in [0.2, 0.25) is 0 Å². The molecule has 0 unspecified atom stereocenters. The van der Waals surface area contributed by atoms with E-state index in [2.05, 4.69) is 0 Å². The number of rotatable bonds is 3. The Balaban J connectivity index is 2.30. The van der Waals surface area contributed by atoms with Crippen molar-refractivity contribution >= 4 is 11.6 Å². The van der Waals surface area contributed by atoms with Gasteiger partial charge in [0, 0.05) is 12.3 Å². The summed E-state index contributed by atoms with van der Waals surface area (Å²) >= 11 is 5.48. The Morgan fingerprint density at radius 1 is 1.56 bits per heavy atom. The van der Waals surface area contributed by atoms with Gasteiger partial charge in [0.05, 0.1) is 6.26 Å². The van der Waals surface area contributed by atoms with Gasteiger partial charge in [-0.2, -0.15) is 0 Å². The normalized spacial score (nSPS) is 9.89. The Kier molecular flexibility index (Phi) is 2.65. The van der Waals surface area contributed by atoms with Crippen molar-refractivity contribution in [1.29, 1.82) is 0 Å². The van der Waals surface area contributed by atoms with Crippen LogP contribution in [0.3, 0.4) is 0 Å². The van der Waals surface area contributed by atoms with Crippen molar-refractivity contribution in [2.45, 2.75) is 12.8 Å². The minimum atomic E-state index is 0.709. The molecule has 0 aromatic carbocycles. The average molecular weight is 145 g/mol. The maximum atomic E-state index is 5.48. The van der Waals surface area contributed by atoms with Crippen LogP contribution in [0.4, 0.5) is 0 Å². The molecule has 1 rings (SSSR count). The van der Waals surface area contributed by atoms with Gasteiger partial charge in [-0.05, 0) is 18.6 Å². The summed E-state index contributed by atoms with van der Waals surface area (Å²) in [5, 5.41) is 0. The van der Waals surface area contributed by atoms with Crippen LogP contribution in [0.1, 0.15) is 12.2 Å². The van der Waals surface area contributed by atoms with Gasteiger partial charge < -0.3 is 4.42 Å². The summed E-state index contributed by atoms with van der Waals surface area (Å²) in [5.74, 6) is 1.73. The fourth-order valence-electron chi connectivity index (χ4n) is 0.696. The highest BCUT2D eigenvalue weighted by Gasteiger charge is 1.91. The van der Waals surface area contributed by atoms with Crippen LogP contribution in [0, 0.1) is 0 Å². The zero-order valence-electron chi connectivity index (χ0n) is 5.14. The van der Waals surface area contributed by atoms with Crippen LogP contribution >= 0.6 is 11.6 Å². The van der Waals surface area contributed by atoms with E-state index in [9.17, 15) is 0 Å². The summed E-state index contributed by atoms with van der Waals surface area (Å²) in [5.41, 5.74) is 0. The highest BCUT2D eigenvalue weighted by molar-refractivity contribution is 6.17. The van der Waals surface area contributed by atoms with E-state index in [1.54, 1.807) is 6.26 Å². The SMILES string of the molecule is ClCCCc1ccco1. The van der Waals surface area contributed by atoms with Crippen LogP contribution in [0.15, 0.2) is 22.8 Å². The molecule has 50 valence electrons. The van der Waals surface area contributed by atoms with Crippen molar-refractivity contribution in [1.82, 2.24) is 0 Å². The topological polar surface area (TPSA) is 13.1 Å². The Morgan fingerprint density at radius 2 is 2.44 bits per heavy atom. The van der Waals surface area contributed by atoms with Crippen molar-refractivity contribution in [2.24, 2.45) is 0 Å². The predicted molar refractivity (Wildman–Crippen MR) is 37.7 cm³/mol. The molecule has 0 spiro atoms. The number of hydrogen-bond donors (Lipinski definition) is 0. The fourth-order valence-corrected chi connectivity index (χ4v) is 0.830. The quantitative estimate of drug-likeness (QED) is 0.594. The van der Waals surface area contributed by atoms with Gasteiger partial charge in [-0.15, -0.1) is 11.6 Å². The Morgan fingerprint density at radius 3 is 3.00 bits per heavy atom. The lowest BCUT2D eigenvalue weighted by atomic mass is 10.3. The second-order valence-corrected chi connectivity index (χ2v) is 2.25. The molecule has 0 aliphatic heterocycles. The molecule has 0 fully saturated rings. The second kappa shape index (κ2) is 3.57. The molecule has 0 amide bonds. The molecular formula is C7H9ClO. The van der Waals surface area contributed by atoms with E-state index in [1.807, 2.05) is 12.1 Å². The van der Waals surface area contributed by atoms with Crippen molar-refractivity contribution in [3.63, 3.8) is 0 Å². The predicted octanol–water partition coefficient (Wildman–Crippen LogP) is 2.45. The number of hydrogen-bond acceptors (Lipinski definition) is 1. The molecular weight excluding hydrogens is 136 g/mol. The maximum Gasteiger partial charge on any atom is 0.103 e. The molecule has 0 N–H and O–H groups in total. The van der Waals surface area contributed by atoms with Gasteiger partial charge in [0.25, 0.3) is 0 Å². The van der Waals surface area contributed by atoms with Crippen molar-refractivity contribution in [2.75, 3.05) is 5.88 Å². The van der Waals surface area contributed by atoms with Crippen molar-refractivity contribution in [3.8, 4) is 0 Å². The summed E-state index contributed by atoms with van der Waals surface area (Å²) in [7, 11) is 0. The first kappa shape index (κ1) is 6.69. The smallest absolute Gasteiger partial charge is 0.103 e. The first-order valence-corrected chi connectivity index (χ1v) is 3.55. The standard InChI is InChI=1S/C7H9ClO/c8-5-1-3-7-4-2-6-9-7/h2,4,6H,1,3,5H2. The lowest BCUT2D eigenvalue weighted by Crippen LogP contribution is -1.80. The summed E-state index contributed by atoms with van der Waals surface area (Å²) in [6.07, 6.45) is 3.63. The van der Waals surface area contributed by atoms with E-state index in [1.165, 1.54) is 0 Å². The molecule has 0 bridgehead atoms. The van der Waals surface area contributed by atoms with Gasteiger partial charge >= 0.3 is 0 Å². The van der Waals surface area contributed by atoms with Gasteiger partial charge in [0.15, 0.2) is 0 Å². The summed E-state index contributed by atoms with van der Waals surface area (Å²) < 4.78 is 5.08. The third kappa shape index (κ3) is 2.10. The number of aryl methyl sites for hydroxylation is 1. The van der Waals surface area contributed by atoms with E-state index < -0.39 is 0 Å². The second-order valence-electron chi connectivity index (χ2n) is 1.87. The zero-order valence-corrected chi connectivity index (χ0v) is 5.90. The lowest BCUT2D eigenvalue weighted by Gasteiger charge is -1.89. The number of furan rings is 1. The lowest BCUT2D eigenvalue weighted by molar-refractivity contribution is 0.507. The van der Waals surface area contributed by atoms with E-state index in [0.29, 0.717) is 5.88 Å². The minimum Gasteiger partial charge on any atom is -0.469 e. The van der Waals surface area contributed by atoms with Crippen molar-refractivity contribution < 1.29 is 4.42 Å². The minimum absolute atomic E-state index is 0.709. The monoisotopic (exact) mass is 144 g/mol. The maximum absolute atomic E-state index is 5.48. The molecule has 0 atom stereocenters. The molecule has 1 aromatic heterocycles. The molecule has 1 aromatic rings. The number of alkyl halides is 1. The molecule has 0 saturated carbocycles. The van der Waals surface area contributed by atoms with E-state index >= 15 is 0 Å². The molecule has 0 aliphatic carbocycles. The van der Waals surface area contributed by atoms with E-state index in [-0.39, 0.29) is 0 Å². The zero-order chi connectivity index (χ0) is 6.53. The molecule has 0 aliphatic rings. The highest BCUT2D eigenvalue weighted by atomic mass is 35.5. The fraction of sp³-hybridized carbons (Fsp3) is 0.429.